The van der Waals surface area contributed by atoms with Gasteiger partial charge in [0.15, 0.2) is 11.6 Å². The molecule has 1 aromatic carbocycles. The Kier molecular flexibility index (Phi) is 4.04. The highest BCUT2D eigenvalue weighted by Crippen LogP contribution is 2.37. The summed E-state index contributed by atoms with van der Waals surface area (Å²) in [7, 11) is 0. The van der Waals surface area contributed by atoms with E-state index in [-0.39, 0.29) is 11.8 Å². The van der Waals surface area contributed by atoms with Gasteiger partial charge in [-0.05, 0) is 61.3 Å². The molecular weight excluding hydrogens is 244 g/mol. The molecule has 0 bridgehead atoms. The topological polar surface area (TPSA) is 0 Å². The van der Waals surface area contributed by atoms with E-state index in [1.54, 1.807) is 6.07 Å². The van der Waals surface area contributed by atoms with Crippen LogP contribution < -0.4 is 0 Å². The number of allylic oxidation sites excluding steroid dienone is 1. The third kappa shape index (κ3) is 3.12. The van der Waals surface area contributed by atoms with E-state index in [0.717, 1.165) is 30.5 Å². The Morgan fingerprint density at radius 1 is 1.00 bits per heavy atom. The maximum atomic E-state index is 13.1. The van der Waals surface area contributed by atoms with Crippen molar-refractivity contribution in [2.75, 3.05) is 0 Å². The summed E-state index contributed by atoms with van der Waals surface area (Å²) in [5.41, 5.74) is 0.761. The molecule has 0 atom stereocenters. The highest BCUT2D eigenvalue weighted by Gasteiger charge is 2.22. The van der Waals surface area contributed by atoms with Crippen molar-refractivity contribution in [3.05, 3.63) is 47.6 Å². The zero-order chi connectivity index (χ0) is 13.1. The zero-order valence-electron chi connectivity index (χ0n) is 9.80. The molecule has 0 saturated heterocycles. The van der Waals surface area contributed by atoms with E-state index in [0.29, 0.717) is 12.8 Å². The zero-order valence-corrected chi connectivity index (χ0v) is 9.80. The minimum atomic E-state index is -1.63. The van der Waals surface area contributed by atoms with Gasteiger partial charge in [-0.3, -0.25) is 0 Å². The molecule has 0 amide bonds. The number of hydrogen-bond donors (Lipinski definition) is 0. The minimum absolute atomic E-state index is 0.0865. The summed E-state index contributed by atoms with van der Waals surface area (Å²) in [6.07, 6.45) is 2.17. The van der Waals surface area contributed by atoms with E-state index in [2.05, 4.69) is 0 Å². The molecule has 2 rings (SSSR count). The summed E-state index contributed by atoms with van der Waals surface area (Å²) < 4.78 is 50.1. The van der Waals surface area contributed by atoms with E-state index in [4.69, 9.17) is 0 Å². The van der Waals surface area contributed by atoms with Crippen LogP contribution >= 0.6 is 0 Å². The molecule has 1 fully saturated rings. The second-order valence-corrected chi connectivity index (χ2v) is 4.74. The molecule has 0 unspecified atom stereocenters. The highest BCUT2D eigenvalue weighted by molar-refractivity contribution is 5.22. The first kappa shape index (κ1) is 13.1. The molecule has 0 spiro atoms. The Morgan fingerprint density at radius 2 is 1.67 bits per heavy atom. The molecule has 1 aliphatic carbocycles. The fourth-order valence-corrected chi connectivity index (χ4v) is 2.56. The van der Waals surface area contributed by atoms with Crippen molar-refractivity contribution in [3.8, 4) is 0 Å². The van der Waals surface area contributed by atoms with Crippen molar-refractivity contribution in [1.29, 1.82) is 0 Å². The molecule has 98 valence electrons. The van der Waals surface area contributed by atoms with Crippen LogP contribution in [0.15, 0.2) is 30.4 Å². The van der Waals surface area contributed by atoms with Crippen LogP contribution in [0.1, 0.15) is 37.2 Å². The molecule has 1 saturated carbocycles. The van der Waals surface area contributed by atoms with Gasteiger partial charge in [0.2, 0.25) is 0 Å². The summed E-state index contributed by atoms with van der Waals surface area (Å²) in [5.74, 6) is -1.64. The predicted molar refractivity (Wildman–Crippen MR) is 61.4 cm³/mol. The summed E-state index contributed by atoms with van der Waals surface area (Å²) in [6, 6.07) is 3.92. The van der Waals surface area contributed by atoms with Gasteiger partial charge in [0.1, 0.15) is 0 Å². The summed E-state index contributed by atoms with van der Waals surface area (Å²) >= 11 is 0. The van der Waals surface area contributed by atoms with Crippen LogP contribution in [0, 0.1) is 17.6 Å². The first-order valence-electron chi connectivity index (χ1n) is 6.04. The quantitative estimate of drug-likeness (QED) is 0.653. The number of hydrogen-bond acceptors (Lipinski definition) is 0. The second kappa shape index (κ2) is 5.55. The molecule has 1 aromatic rings. The van der Waals surface area contributed by atoms with Crippen molar-refractivity contribution in [1.82, 2.24) is 0 Å². The molecule has 0 heterocycles. The first-order chi connectivity index (χ1) is 8.56. The van der Waals surface area contributed by atoms with Crippen LogP contribution in [0.3, 0.4) is 0 Å². The fourth-order valence-electron chi connectivity index (χ4n) is 2.56. The third-order valence-corrected chi connectivity index (χ3v) is 3.55. The van der Waals surface area contributed by atoms with Crippen molar-refractivity contribution < 1.29 is 17.6 Å². The summed E-state index contributed by atoms with van der Waals surface area (Å²) in [5, 5.41) is 0. The Labute approximate surface area is 103 Å². The van der Waals surface area contributed by atoms with E-state index in [1.807, 2.05) is 0 Å². The molecule has 0 N–H and O–H groups in total. The fraction of sp³-hybridized carbons (Fsp3) is 0.429. The van der Waals surface area contributed by atoms with Crippen molar-refractivity contribution in [3.63, 3.8) is 0 Å². The SMILES string of the molecule is FC(F)=CC1CCC(c2ccc(F)c(F)c2)CC1. The van der Waals surface area contributed by atoms with Gasteiger partial charge in [-0.2, -0.15) is 8.78 Å². The number of halogens is 4. The van der Waals surface area contributed by atoms with Gasteiger partial charge in [0.05, 0.1) is 0 Å². The van der Waals surface area contributed by atoms with Crippen molar-refractivity contribution in [2.24, 2.45) is 5.92 Å². The Bertz CT molecular complexity index is 441. The summed E-state index contributed by atoms with van der Waals surface area (Å²) in [6.45, 7) is 0. The molecular formula is C14H14F4. The smallest absolute Gasteiger partial charge is 0.204 e. The van der Waals surface area contributed by atoms with Crippen LogP contribution in [0.2, 0.25) is 0 Å². The lowest BCUT2D eigenvalue weighted by Gasteiger charge is -2.26. The van der Waals surface area contributed by atoms with Crippen LogP contribution in [0.25, 0.3) is 0 Å². The Hall–Kier alpha value is -1.32. The van der Waals surface area contributed by atoms with E-state index in [9.17, 15) is 17.6 Å². The lowest BCUT2D eigenvalue weighted by atomic mass is 9.79. The minimum Gasteiger partial charge on any atom is -0.204 e. The molecule has 0 aliphatic heterocycles. The number of rotatable bonds is 2. The average Bonchev–Trinajstić information content (AvgIpc) is 2.33. The maximum absolute atomic E-state index is 13.1. The van der Waals surface area contributed by atoms with Crippen LogP contribution in [0.4, 0.5) is 17.6 Å². The summed E-state index contributed by atoms with van der Waals surface area (Å²) in [4.78, 5) is 0. The van der Waals surface area contributed by atoms with Gasteiger partial charge in [-0.25, -0.2) is 8.78 Å². The maximum Gasteiger partial charge on any atom is 0.266 e. The Morgan fingerprint density at radius 3 is 2.22 bits per heavy atom. The molecule has 1 aliphatic rings. The average molecular weight is 258 g/mol. The molecule has 4 heteroatoms. The highest BCUT2D eigenvalue weighted by atomic mass is 19.3. The lowest BCUT2D eigenvalue weighted by molar-refractivity contribution is 0.350. The third-order valence-electron chi connectivity index (χ3n) is 3.55. The van der Waals surface area contributed by atoms with Gasteiger partial charge < -0.3 is 0 Å². The first-order valence-corrected chi connectivity index (χ1v) is 6.04. The molecule has 0 radical (unpaired) electrons. The Balaban J connectivity index is 2.01. The van der Waals surface area contributed by atoms with E-state index in [1.165, 1.54) is 6.07 Å². The van der Waals surface area contributed by atoms with Crippen LogP contribution in [0.5, 0.6) is 0 Å². The van der Waals surface area contributed by atoms with Crippen molar-refractivity contribution >= 4 is 0 Å². The van der Waals surface area contributed by atoms with E-state index >= 15 is 0 Å². The number of benzene rings is 1. The second-order valence-electron chi connectivity index (χ2n) is 4.74. The van der Waals surface area contributed by atoms with Gasteiger partial charge in [0.25, 0.3) is 6.08 Å². The standard InChI is InChI=1S/C14H14F4/c15-12-6-5-11(8-13(12)16)10-3-1-9(2-4-10)7-14(17)18/h5-10H,1-4H2. The normalized spacial score (nSPS) is 23.8. The van der Waals surface area contributed by atoms with Gasteiger partial charge in [0, 0.05) is 0 Å². The van der Waals surface area contributed by atoms with Gasteiger partial charge in [-0.1, -0.05) is 6.07 Å². The van der Waals surface area contributed by atoms with Crippen LogP contribution in [-0.4, -0.2) is 0 Å². The largest absolute Gasteiger partial charge is 0.266 e. The van der Waals surface area contributed by atoms with Gasteiger partial charge >= 0.3 is 0 Å². The lowest BCUT2D eigenvalue weighted by Crippen LogP contribution is -2.12. The van der Waals surface area contributed by atoms with Gasteiger partial charge in [-0.15, -0.1) is 0 Å². The molecule has 0 aromatic heterocycles. The molecule has 18 heavy (non-hydrogen) atoms. The van der Waals surface area contributed by atoms with E-state index < -0.39 is 17.7 Å². The monoisotopic (exact) mass is 258 g/mol. The molecule has 0 nitrogen and oxygen atoms in total. The van der Waals surface area contributed by atoms with Crippen molar-refractivity contribution in [2.45, 2.75) is 31.6 Å². The predicted octanol–water partition coefficient (Wildman–Crippen LogP) is 5.02. The van der Waals surface area contributed by atoms with Crippen LogP contribution in [-0.2, 0) is 0 Å².